The van der Waals surface area contributed by atoms with Gasteiger partial charge in [0.2, 0.25) is 0 Å². The number of amides is 1. The number of nitrogens with zero attached hydrogens (tertiary/aromatic N) is 1. The summed E-state index contributed by atoms with van der Waals surface area (Å²) in [6.45, 7) is 3.36. The summed E-state index contributed by atoms with van der Waals surface area (Å²) in [6.07, 6.45) is -4.74. The first-order valence-corrected chi connectivity index (χ1v) is 13.5. The highest BCUT2D eigenvalue weighted by Gasteiger charge is 2.31. The molecule has 3 aromatic carbocycles. The van der Waals surface area contributed by atoms with Crippen LogP contribution in [0.2, 0.25) is 0 Å². The third-order valence-corrected chi connectivity index (χ3v) is 8.04. The number of carbonyl (C=O) groups excluding carboxylic acids is 1. The Labute approximate surface area is 214 Å². The molecule has 1 atom stereocenters. The summed E-state index contributed by atoms with van der Waals surface area (Å²) >= 11 is 0. The van der Waals surface area contributed by atoms with E-state index in [0.717, 1.165) is 23.4 Å². The number of nitrogens with one attached hydrogen (secondary N) is 1. The number of hydrogen-bond acceptors (Lipinski definition) is 5. The Morgan fingerprint density at radius 2 is 1.65 bits per heavy atom. The van der Waals surface area contributed by atoms with Crippen molar-refractivity contribution < 1.29 is 31.1 Å². The SMILES string of the molecule is CCS(=O)(=O)c1ccc(CNC(=O)c2ccc(N3CCOC(c4ccc(C(F)(F)F)cc4)C3)cc2)cc1. The molecule has 0 bridgehead atoms. The van der Waals surface area contributed by atoms with E-state index in [1.807, 2.05) is 12.1 Å². The smallest absolute Gasteiger partial charge is 0.370 e. The second-order valence-corrected chi connectivity index (χ2v) is 11.0. The fourth-order valence-electron chi connectivity index (χ4n) is 4.06. The number of benzene rings is 3. The van der Waals surface area contributed by atoms with E-state index in [4.69, 9.17) is 4.74 Å². The minimum absolute atomic E-state index is 0.0270. The Morgan fingerprint density at radius 1 is 1.00 bits per heavy atom. The first-order valence-electron chi connectivity index (χ1n) is 11.8. The highest BCUT2D eigenvalue weighted by atomic mass is 32.2. The van der Waals surface area contributed by atoms with Crippen LogP contribution in [0, 0.1) is 0 Å². The average Bonchev–Trinajstić information content (AvgIpc) is 2.91. The normalized spacial score (nSPS) is 16.4. The number of anilines is 1. The third-order valence-electron chi connectivity index (χ3n) is 6.29. The second kappa shape index (κ2) is 10.9. The van der Waals surface area contributed by atoms with Gasteiger partial charge in [0.05, 0.1) is 22.8 Å². The van der Waals surface area contributed by atoms with Crippen molar-refractivity contribution >= 4 is 21.4 Å². The first-order chi connectivity index (χ1) is 17.6. The van der Waals surface area contributed by atoms with Gasteiger partial charge in [-0.3, -0.25) is 4.79 Å². The third kappa shape index (κ3) is 6.50. The minimum atomic E-state index is -4.38. The van der Waals surface area contributed by atoms with Gasteiger partial charge in [0, 0.05) is 30.9 Å². The predicted octanol–water partition coefficient (Wildman–Crippen LogP) is 5.01. The van der Waals surface area contributed by atoms with Crippen molar-refractivity contribution in [1.82, 2.24) is 5.32 Å². The molecule has 1 amide bonds. The molecule has 196 valence electrons. The van der Waals surface area contributed by atoms with Crippen LogP contribution in [0.1, 0.15) is 40.1 Å². The molecule has 10 heteroatoms. The number of ether oxygens (including phenoxy) is 1. The average molecular weight is 533 g/mol. The lowest BCUT2D eigenvalue weighted by atomic mass is 10.0. The number of halogens is 3. The molecule has 1 fully saturated rings. The van der Waals surface area contributed by atoms with Crippen LogP contribution in [0.4, 0.5) is 18.9 Å². The molecule has 6 nitrogen and oxygen atoms in total. The lowest BCUT2D eigenvalue weighted by molar-refractivity contribution is -0.137. The molecule has 3 aromatic rings. The molecule has 1 aliphatic rings. The Hall–Kier alpha value is -3.37. The van der Waals surface area contributed by atoms with Crippen LogP contribution in [0.15, 0.2) is 77.7 Å². The van der Waals surface area contributed by atoms with E-state index in [-0.39, 0.29) is 29.2 Å². The van der Waals surface area contributed by atoms with Crippen LogP contribution in [-0.4, -0.2) is 39.8 Å². The van der Waals surface area contributed by atoms with Crippen molar-refractivity contribution in [2.45, 2.75) is 30.6 Å². The molecule has 0 aromatic heterocycles. The Balaban J connectivity index is 1.34. The lowest BCUT2D eigenvalue weighted by Gasteiger charge is -2.35. The van der Waals surface area contributed by atoms with E-state index in [1.165, 1.54) is 24.3 Å². The van der Waals surface area contributed by atoms with Crippen LogP contribution in [0.5, 0.6) is 0 Å². The quantitative estimate of drug-likeness (QED) is 0.463. The zero-order chi connectivity index (χ0) is 26.6. The van der Waals surface area contributed by atoms with Crippen LogP contribution < -0.4 is 10.2 Å². The van der Waals surface area contributed by atoms with Crippen LogP contribution in [0.3, 0.4) is 0 Å². The number of alkyl halides is 3. The molecule has 1 saturated heterocycles. The van der Waals surface area contributed by atoms with E-state index >= 15 is 0 Å². The molecule has 0 aliphatic carbocycles. The summed E-state index contributed by atoms with van der Waals surface area (Å²) in [5.74, 6) is -0.236. The van der Waals surface area contributed by atoms with E-state index in [9.17, 15) is 26.4 Å². The summed E-state index contributed by atoms with van der Waals surface area (Å²) in [5, 5.41) is 2.83. The highest BCUT2D eigenvalue weighted by Crippen LogP contribution is 2.32. The number of hydrogen-bond donors (Lipinski definition) is 1. The maximum Gasteiger partial charge on any atom is 0.416 e. The summed E-state index contributed by atoms with van der Waals surface area (Å²) in [5.41, 5.74) is 2.11. The molecule has 1 heterocycles. The Kier molecular flexibility index (Phi) is 7.89. The topological polar surface area (TPSA) is 75.7 Å². The van der Waals surface area contributed by atoms with E-state index in [2.05, 4.69) is 10.2 Å². The van der Waals surface area contributed by atoms with Gasteiger partial charge in [-0.25, -0.2) is 8.42 Å². The van der Waals surface area contributed by atoms with Crippen LogP contribution in [-0.2, 0) is 27.3 Å². The second-order valence-electron chi connectivity index (χ2n) is 8.70. The maximum atomic E-state index is 12.8. The summed E-state index contributed by atoms with van der Waals surface area (Å²) in [6, 6.07) is 18.5. The Bertz CT molecular complexity index is 1320. The lowest BCUT2D eigenvalue weighted by Crippen LogP contribution is -2.38. The molecule has 4 rings (SSSR count). The zero-order valence-corrected chi connectivity index (χ0v) is 21.0. The fourth-order valence-corrected chi connectivity index (χ4v) is 4.95. The van der Waals surface area contributed by atoms with Gasteiger partial charge in [-0.15, -0.1) is 0 Å². The maximum absolute atomic E-state index is 12.8. The molecular weight excluding hydrogens is 505 g/mol. The number of sulfone groups is 1. The Morgan fingerprint density at radius 3 is 2.24 bits per heavy atom. The molecule has 0 saturated carbocycles. The molecule has 0 radical (unpaired) electrons. The molecule has 37 heavy (non-hydrogen) atoms. The van der Waals surface area contributed by atoms with Crippen molar-refractivity contribution in [2.75, 3.05) is 30.3 Å². The van der Waals surface area contributed by atoms with Gasteiger partial charge in [0.1, 0.15) is 6.10 Å². The van der Waals surface area contributed by atoms with Gasteiger partial charge in [-0.05, 0) is 59.7 Å². The van der Waals surface area contributed by atoms with E-state index in [1.54, 1.807) is 31.2 Å². The number of rotatable bonds is 7. The first kappa shape index (κ1) is 26.7. The van der Waals surface area contributed by atoms with Gasteiger partial charge >= 0.3 is 6.18 Å². The molecule has 1 aliphatic heterocycles. The largest absolute Gasteiger partial charge is 0.416 e. The van der Waals surface area contributed by atoms with Crippen molar-refractivity contribution in [3.05, 3.63) is 95.1 Å². The number of carbonyl (C=O) groups is 1. The fraction of sp³-hybridized carbons (Fsp3) is 0.296. The van der Waals surface area contributed by atoms with Gasteiger partial charge in [0.15, 0.2) is 9.84 Å². The number of morpholine rings is 1. The van der Waals surface area contributed by atoms with Crippen molar-refractivity contribution in [1.29, 1.82) is 0 Å². The monoisotopic (exact) mass is 532 g/mol. The van der Waals surface area contributed by atoms with Gasteiger partial charge < -0.3 is 15.0 Å². The predicted molar refractivity (Wildman–Crippen MR) is 134 cm³/mol. The van der Waals surface area contributed by atoms with Gasteiger partial charge in [0.25, 0.3) is 5.91 Å². The minimum Gasteiger partial charge on any atom is -0.370 e. The van der Waals surface area contributed by atoms with E-state index < -0.39 is 21.6 Å². The molecule has 1 unspecified atom stereocenters. The standard InChI is InChI=1S/C27H27F3N2O4S/c1-2-37(34,35)24-13-3-19(4-14-24)17-31-26(33)21-7-11-23(12-8-21)32-15-16-36-25(18-32)20-5-9-22(10-6-20)27(28,29)30/h3-14,25H,2,15-18H2,1H3,(H,31,33). The highest BCUT2D eigenvalue weighted by molar-refractivity contribution is 7.91. The summed E-state index contributed by atoms with van der Waals surface area (Å²) in [7, 11) is -3.27. The van der Waals surface area contributed by atoms with Crippen molar-refractivity contribution in [3.8, 4) is 0 Å². The van der Waals surface area contributed by atoms with Gasteiger partial charge in [-0.2, -0.15) is 13.2 Å². The van der Waals surface area contributed by atoms with Crippen LogP contribution in [0.25, 0.3) is 0 Å². The summed E-state index contributed by atoms with van der Waals surface area (Å²) in [4.78, 5) is 14.9. The van der Waals surface area contributed by atoms with Crippen molar-refractivity contribution in [2.24, 2.45) is 0 Å². The van der Waals surface area contributed by atoms with Crippen molar-refractivity contribution in [3.63, 3.8) is 0 Å². The van der Waals surface area contributed by atoms with Gasteiger partial charge in [-0.1, -0.05) is 31.2 Å². The molecule has 1 N–H and O–H groups in total. The van der Waals surface area contributed by atoms with Crippen LogP contribution >= 0.6 is 0 Å². The zero-order valence-electron chi connectivity index (χ0n) is 20.2. The molecular formula is C27H27F3N2O4S. The summed E-state index contributed by atoms with van der Waals surface area (Å²) < 4.78 is 68.2. The molecule has 0 spiro atoms. The van der Waals surface area contributed by atoms with E-state index in [0.29, 0.717) is 30.8 Å².